The van der Waals surface area contributed by atoms with Gasteiger partial charge in [-0.25, -0.2) is 9.97 Å². The van der Waals surface area contributed by atoms with Crippen LogP contribution < -0.4 is 20.9 Å². The molecule has 8 aromatic rings. The number of hydrogen-bond donors (Lipinski definition) is 2. The van der Waals surface area contributed by atoms with Gasteiger partial charge in [-0.15, -0.1) is 0 Å². The topological polar surface area (TPSA) is 139 Å². The van der Waals surface area contributed by atoms with Gasteiger partial charge in [0.15, 0.2) is 0 Å². The van der Waals surface area contributed by atoms with Crippen LogP contribution in [0, 0.1) is 13.8 Å². The molecule has 0 spiro atoms. The molecule has 3 N–H and O–H groups in total. The fraction of sp³-hybridized carbons (Fsp3) is 0.143. The van der Waals surface area contributed by atoms with Crippen molar-refractivity contribution in [2.24, 2.45) is 0 Å². The van der Waals surface area contributed by atoms with Crippen molar-refractivity contribution >= 4 is 79.7 Å². The second-order valence-electron chi connectivity index (χ2n) is 16.7. The number of aromatic nitrogens is 2. The number of para-hydroxylation sites is 4. The lowest BCUT2D eigenvalue weighted by molar-refractivity contribution is -0.193. The van der Waals surface area contributed by atoms with Gasteiger partial charge < -0.3 is 11.1 Å². The maximum Gasteiger partial charge on any atom is 0.373 e. The molecule has 0 radical (unpaired) electrons. The molecule has 10 rings (SSSR count). The first-order valence-electron chi connectivity index (χ1n) is 21.5. The number of pyridine rings is 2. The van der Waals surface area contributed by atoms with Crippen LogP contribution in [0.5, 0.6) is 0 Å². The molecule has 336 valence electrons. The molecule has 2 aliphatic heterocycles. The molecule has 10 nitrogen and oxygen atoms in total. The number of carbonyl (C=O) groups excluding carboxylic acids is 4. The highest BCUT2D eigenvalue weighted by Crippen LogP contribution is 2.53. The van der Waals surface area contributed by atoms with Crippen LogP contribution in [-0.4, -0.2) is 22.3 Å². The summed E-state index contributed by atoms with van der Waals surface area (Å²) in [5.41, 5.74) is 20.8. The highest BCUT2D eigenvalue weighted by Gasteiger charge is 2.38. The quantitative estimate of drug-likeness (QED) is 0.164. The van der Waals surface area contributed by atoms with Gasteiger partial charge in [-0.2, -0.15) is 19.2 Å². The van der Waals surface area contributed by atoms with Crippen molar-refractivity contribution in [1.29, 1.82) is 0 Å². The molecule has 0 saturated heterocycles. The molecule has 2 aromatic heterocycles. The Morgan fingerprint density at radius 1 is 0.493 bits per heavy atom. The summed E-state index contributed by atoms with van der Waals surface area (Å²) >= 11 is 3.62. The largest absolute Gasteiger partial charge is 0.399 e. The summed E-state index contributed by atoms with van der Waals surface area (Å²) in [5, 5.41) is 3.60. The number of aryl methyl sites for hydroxylation is 2. The van der Waals surface area contributed by atoms with E-state index >= 15 is 0 Å². The third-order valence-electron chi connectivity index (χ3n) is 11.8. The van der Waals surface area contributed by atoms with Crippen LogP contribution in [0.4, 0.5) is 51.4 Å². The molecule has 0 saturated carbocycles. The van der Waals surface area contributed by atoms with Crippen LogP contribution in [0.1, 0.15) is 61.1 Å². The van der Waals surface area contributed by atoms with Crippen molar-refractivity contribution in [1.82, 2.24) is 9.97 Å². The minimum Gasteiger partial charge on any atom is -0.399 e. The summed E-state index contributed by atoms with van der Waals surface area (Å²) in [6.07, 6.45) is 4.20. The Balaban J connectivity index is 0.000000176. The third kappa shape index (κ3) is 10.8. The number of anilines is 9. The maximum atomic E-state index is 8.12. The lowest BCUT2D eigenvalue weighted by Gasteiger charge is -2.41. The molecule has 11 heteroatoms. The fourth-order valence-corrected chi connectivity index (χ4v) is 8.76. The van der Waals surface area contributed by atoms with E-state index in [2.05, 4.69) is 197 Å². The van der Waals surface area contributed by atoms with E-state index < -0.39 is 0 Å². The molecule has 6 aromatic carbocycles. The number of rotatable bonds is 4. The van der Waals surface area contributed by atoms with Crippen LogP contribution >= 0.6 is 15.9 Å². The molecular formula is C56H51BrN6O4. The predicted molar refractivity (Wildman–Crippen MR) is 270 cm³/mol. The number of nitrogens with one attached hydrogen (secondary N) is 1. The maximum absolute atomic E-state index is 8.12. The van der Waals surface area contributed by atoms with Crippen molar-refractivity contribution in [3.05, 3.63) is 220 Å². The van der Waals surface area contributed by atoms with Gasteiger partial charge in [0, 0.05) is 44.8 Å². The molecule has 0 atom stereocenters. The van der Waals surface area contributed by atoms with Crippen molar-refractivity contribution in [2.75, 3.05) is 20.9 Å². The number of nitrogens with zero attached hydrogens (tertiary/aromatic N) is 4. The molecule has 67 heavy (non-hydrogen) atoms. The average Bonchev–Trinajstić information content (AvgIpc) is 3.32. The zero-order valence-corrected chi connectivity index (χ0v) is 39.8. The second kappa shape index (κ2) is 21.8. The van der Waals surface area contributed by atoms with E-state index in [9.17, 15) is 0 Å². The Hall–Kier alpha value is -7.94. The van der Waals surface area contributed by atoms with E-state index in [1.165, 1.54) is 44.9 Å². The number of fused-ring (bicyclic) bond motifs is 4. The smallest absolute Gasteiger partial charge is 0.373 e. The number of halogens is 1. The summed E-state index contributed by atoms with van der Waals surface area (Å²) in [6.45, 7) is 13.3. The first-order valence-corrected chi connectivity index (χ1v) is 22.3. The lowest BCUT2D eigenvalue weighted by Crippen LogP contribution is -2.30. The van der Waals surface area contributed by atoms with Gasteiger partial charge in [-0.3, -0.25) is 9.80 Å². The van der Waals surface area contributed by atoms with E-state index in [0.717, 1.165) is 44.4 Å². The monoisotopic (exact) mass is 950 g/mol. The highest BCUT2D eigenvalue weighted by atomic mass is 79.9. The summed E-state index contributed by atoms with van der Waals surface area (Å²) in [6, 6.07) is 58.7. The lowest BCUT2D eigenvalue weighted by atomic mass is 9.73. The van der Waals surface area contributed by atoms with E-state index in [1.54, 1.807) is 0 Å². The first-order chi connectivity index (χ1) is 32.3. The number of nitrogens with two attached hydrogens (primary N) is 1. The van der Waals surface area contributed by atoms with E-state index in [-0.39, 0.29) is 23.1 Å². The van der Waals surface area contributed by atoms with Crippen molar-refractivity contribution < 1.29 is 19.2 Å². The second-order valence-corrected chi connectivity index (χ2v) is 17.6. The summed E-state index contributed by atoms with van der Waals surface area (Å²) in [7, 11) is 0. The van der Waals surface area contributed by atoms with Crippen molar-refractivity contribution in [3.8, 4) is 0 Å². The molecule has 0 unspecified atom stereocenters. The Morgan fingerprint density at radius 2 is 0.910 bits per heavy atom. The first kappa shape index (κ1) is 48.5. The molecule has 0 amide bonds. The molecule has 4 heterocycles. The number of hydrogen-bond acceptors (Lipinski definition) is 10. The van der Waals surface area contributed by atoms with E-state index in [0.29, 0.717) is 0 Å². The normalized spacial score (nSPS) is 12.8. The average molecular weight is 952 g/mol. The van der Waals surface area contributed by atoms with Gasteiger partial charge in [0.2, 0.25) is 0 Å². The zero-order chi connectivity index (χ0) is 48.1. The Labute approximate surface area is 400 Å². The third-order valence-corrected chi connectivity index (χ3v) is 12.3. The number of nitrogen functional groups attached to an aromatic ring is 1. The fourth-order valence-electron chi connectivity index (χ4n) is 8.41. The minimum absolute atomic E-state index is 0.0437. The molecule has 0 bridgehead atoms. The van der Waals surface area contributed by atoms with E-state index in [4.69, 9.17) is 24.9 Å². The SMILES string of the molecule is CC1(C)c2ccccc2N(c2ccccn2)c2cc(Br)ccc21.Cc1ccccc1N.Cc1ccccc1Nc1ccc2c(c1)N(c1ccccn1)c1ccccc1C2(C)C.O=C=O.O=C=O. The minimum atomic E-state index is -0.0988. The van der Waals surface area contributed by atoms with Gasteiger partial charge in [-0.05, 0) is 120 Å². The van der Waals surface area contributed by atoms with Gasteiger partial charge in [0.05, 0.1) is 22.7 Å². The Morgan fingerprint density at radius 3 is 1.37 bits per heavy atom. The zero-order valence-electron chi connectivity index (χ0n) is 38.2. The summed E-state index contributed by atoms with van der Waals surface area (Å²) < 4.78 is 1.08. The summed E-state index contributed by atoms with van der Waals surface area (Å²) in [4.78, 5) is 46.3. The van der Waals surface area contributed by atoms with Gasteiger partial charge in [0.1, 0.15) is 11.6 Å². The van der Waals surface area contributed by atoms with Crippen LogP contribution in [0.2, 0.25) is 0 Å². The molecule has 0 fully saturated rings. The van der Waals surface area contributed by atoms with Gasteiger partial charge in [-0.1, -0.05) is 141 Å². The molecule has 2 aliphatic rings. The highest BCUT2D eigenvalue weighted by molar-refractivity contribution is 9.10. The predicted octanol–water partition coefficient (Wildman–Crippen LogP) is 13.6. The summed E-state index contributed by atoms with van der Waals surface area (Å²) in [5.74, 6) is 1.87. The van der Waals surface area contributed by atoms with Crippen LogP contribution in [0.3, 0.4) is 0 Å². The van der Waals surface area contributed by atoms with Crippen LogP contribution in [-0.2, 0) is 30.0 Å². The van der Waals surface area contributed by atoms with Crippen molar-refractivity contribution in [3.63, 3.8) is 0 Å². The standard InChI is InChI=1S/C27H25N3.C20H17BrN2.C7H9N.2CO2/c1-19-10-4-6-12-23(19)29-20-15-16-22-25(18-20)30(26-14-8-9-17-28-26)24-13-7-5-11-21(24)27(22,2)3;1-20(2)15-7-3-4-8-17(15)23(19-9-5-6-12-22-19)18-13-14(21)10-11-16(18)20;1-6-4-2-3-5-7(6)8;2*2-1-3/h4-18,29H,1-3H3;3-13H,1-2H3;2-5H,8H2,1H3;;. The van der Waals surface area contributed by atoms with Crippen LogP contribution in [0.25, 0.3) is 0 Å². The van der Waals surface area contributed by atoms with E-state index in [1.807, 2.05) is 67.8 Å². The van der Waals surface area contributed by atoms with Crippen LogP contribution in [0.15, 0.2) is 187 Å². The van der Waals surface area contributed by atoms with Gasteiger partial charge in [0.25, 0.3) is 0 Å². The van der Waals surface area contributed by atoms with Crippen molar-refractivity contribution in [2.45, 2.75) is 52.4 Å². The Kier molecular flexibility index (Phi) is 15.8. The van der Waals surface area contributed by atoms with Gasteiger partial charge >= 0.3 is 12.3 Å². The molecule has 0 aliphatic carbocycles. The molecular weight excluding hydrogens is 901 g/mol. The number of benzene rings is 6. The Bertz CT molecular complexity index is 2990.